The molecule has 0 unspecified atom stereocenters. The van der Waals surface area contributed by atoms with Crippen molar-refractivity contribution in [2.24, 2.45) is 0 Å². The summed E-state index contributed by atoms with van der Waals surface area (Å²) in [5.74, 6) is 1.43. The van der Waals surface area contributed by atoms with E-state index in [1.165, 1.54) is 6.33 Å². The second-order valence-corrected chi connectivity index (χ2v) is 4.79. The molecule has 0 aliphatic rings. The number of rotatable bonds is 6. The van der Waals surface area contributed by atoms with Gasteiger partial charge in [0.15, 0.2) is 0 Å². The number of hydrogen-bond donors (Lipinski definition) is 1. The maximum Gasteiger partial charge on any atom is 0.222 e. The summed E-state index contributed by atoms with van der Waals surface area (Å²) in [7, 11) is 1.85. The maximum atomic E-state index is 6.12. The van der Waals surface area contributed by atoms with Crippen LogP contribution in [0, 0.1) is 0 Å². The van der Waals surface area contributed by atoms with Crippen molar-refractivity contribution < 1.29 is 4.74 Å². The molecule has 1 heterocycles. The molecule has 5 heteroatoms. The molecule has 20 heavy (non-hydrogen) atoms. The Kier molecular flexibility index (Phi) is 5.18. The Morgan fingerprint density at radius 3 is 2.75 bits per heavy atom. The Labute approximate surface area is 124 Å². The second-order valence-electron chi connectivity index (χ2n) is 4.39. The molecule has 2 rings (SSSR count). The maximum absolute atomic E-state index is 6.12. The van der Waals surface area contributed by atoms with Crippen LogP contribution in [0.1, 0.15) is 24.5 Å². The third-order valence-corrected chi connectivity index (χ3v) is 3.33. The molecule has 4 nitrogen and oxygen atoms in total. The van der Waals surface area contributed by atoms with Gasteiger partial charge < -0.3 is 10.1 Å². The molecule has 0 bridgehead atoms. The summed E-state index contributed by atoms with van der Waals surface area (Å²) in [6.07, 6.45) is 3.38. The molecule has 0 spiro atoms. The van der Waals surface area contributed by atoms with E-state index in [1.807, 2.05) is 31.3 Å². The fraction of sp³-hybridized carbons (Fsp3) is 0.333. The van der Waals surface area contributed by atoms with Gasteiger partial charge in [-0.2, -0.15) is 0 Å². The van der Waals surface area contributed by atoms with Crippen molar-refractivity contribution in [3.63, 3.8) is 0 Å². The first-order valence-corrected chi connectivity index (χ1v) is 7.01. The minimum absolute atomic E-state index is 0.399. The van der Waals surface area contributed by atoms with E-state index in [-0.39, 0.29) is 0 Å². The summed E-state index contributed by atoms with van der Waals surface area (Å²) < 4.78 is 5.82. The van der Waals surface area contributed by atoms with Gasteiger partial charge in [0.05, 0.1) is 5.56 Å². The van der Waals surface area contributed by atoms with E-state index >= 15 is 0 Å². The van der Waals surface area contributed by atoms with Gasteiger partial charge in [-0.25, -0.2) is 9.97 Å². The minimum atomic E-state index is 0.399. The average molecular weight is 292 g/mol. The van der Waals surface area contributed by atoms with Crippen LogP contribution in [0.3, 0.4) is 0 Å². The molecule has 0 aliphatic heterocycles. The van der Waals surface area contributed by atoms with Crippen LogP contribution in [0.2, 0.25) is 5.02 Å². The Morgan fingerprint density at radius 2 is 2.05 bits per heavy atom. The smallest absolute Gasteiger partial charge is 0.222 e. The number of aromatic nitrogens is 2. The van der Waals surface area contributed by atoms with Crippen LogP contribution in [0.15, 0.2) is 30.6 Å². The fourth-order valence-electron chi connectivity index (χ4n) is 1.97. The lowest BCUT2D eigenvalue weighted by Gasteiger charge is -2.13. The lowest BCUT2D eigenvalue weighted by atomic mass is 10.1. The van der Waals surface area contributed by atoms with E-state index in [9.17, 15) is 0 Å². The third kappa shape index (κ3) is 3.39. The highest BCUT2D eigenvalue weighted by Crippen LogP contribution is 2.25. The highest BCUT2D eigenvalue weighted by atomic mass is 35.5. The summed E-state index contributed by atoms with van der Waals surface area (Å²) in [4.78, 5) is 8.45. The number of ether oxygens (including phenoxy) is 1. The van der Waals surface area contributed by atoms with Crippen molar-refractivity contribution in [1.82, 2.24) is 9.97 Å². The molecule has 0 atom stereocenters. The van der Waals surface area contributed by atoms with Crippen LogP contribution in [-0.2, 0) is 13.0 Å². The molecule has 1 aromatic carbocycles. The highest BCUT2D eigenvalue weighted by Gasteiger charge is 2.11. The first-order chi connectivity index (χ1) is 9.76. The van der Waals surface area contributed by atoms with Gasteiger partial charge in [-0.05, 0) is 12.5 Å². The van der Waals surface area contributed by atoms with Crippen LogP contribution in [-0.4, -0.2) is 17.0 Å². The molecular formula is C15H18ClN3O. The van der Waals surface area contributed by atoms with Gasteiger partial charge in [0.2, 0.25) is 5.88 Å². The van der Waals surface area contributed by atoms with E-state index in [4.69, 9.17) is 16.3 Å². The molecule has 0 saturated carbocycles. The predicted octanol–water partition coefficient (Wildman–Crippen LogP) is 3.70. The Hall–Kier alpha value is -1.81. The Balaban J connectivity index is 2.19. The lowest BCUT2D eigenvalue weighted by molar-refractivity contribution is 0.290. The SMILES string of the molecule is CCCc1c(NC)ncnc1OCc1ccccc1Cl. The molecule has 1 N–H and O–H groups in total. The second kappa shape index (κ2) is 7.10. The highest BCUT2D eigenvalue weighted by molar-refractivity contribution is 6.31. The van der Waals surface area contributed by atoms with Gasteiger partial charge in [0, 0.05) is 17.6 Å². The van der Waals surface area contributed by atoms with Crippen molar-refractivity contribution >= 4 is 17.4 Å². The molecule has 1 aromatic heterocycles. The number of anilines is 1. The third-order valence-electron chi connectivity index (χ3n) is 2.96. The molecule has 106 valence electrons. The number of nitrogens with one attached hydrogen (secondary N) is 1. The number of hydrogen-bond acceptors (Lipinski definition) is 4. The van der Waals surface area contributed by atoms with Crippen molar-refractivity contribution in [1.29, 1.82) is 0 Å². The molecular weight excluding hydrogens is 274 g/mol. The van der Waals surface area contributed by atoms with Crippen LogP contribution in [0.4, 0.5) is 5.82 Å². The summed E-state index contributed by atoms with van der Waals surface area (Å²) in [6, 6.07) is 7.64. The number of halogens is 1. The minimum Gasteiger partial charge on any atom is -0.472 e. The summed E-state index contributed by atoms with van der Waals surface area (Å²) in [5.41, 5.74) is 1.95. The van der Waals surface area contributed by atoms with E-state index < -0.39 is 0 Å². The van der Waals surface area contributed by atoms with Crippen LogP contribution < -0.4 is 10.1 Å². The van der Waals surface area contributed by atoms with Crippen LogP contribution in [0.5, 0.6) is 5.88 Å². The van der Waals surface area contributed by atoms with E-state index in [2.05, 4.69) is 22.2 Å². The quantitative estimate of drug-likeness (QED) is 0.881. The average Bonchev–Trinajstić information content (AvgIpc) is 2.47. The van der Waals surface area contributed by atoms with Gasteiger partial charge in [-0.3, -0.25) is 0 Å². The van der Waals surface area contributed by atoms with Crippen molar-refractivity contribution in [3.8, 4) is 5.88 Å². The van der Waals surface area contributed by atoms with Gasteiger partial charge in [0.25, 0.3) is 0 Å². The lowest BCUT2D eigenvalue weighted by Crippen LogP contribution is -2.06. The fourth-order valence-corrected chi connectivity index (χ4v) is 2.16. The first-order valence-electron chi connectivity index (χ1n) is 6.64. The zero-order valence-electron chi connectivity index (χ0n) is 11.7. The van der Waals surface area contributed by atoms with Gasteiger partial charge >= 0.3 is 0 Å². The molecule has 0 saturated heterocycles. The molecule has 0 aliphatic carbocycles. The predicted molar refractivity (Wildman–Crippen MR) is 81.4 cm³/mol. The molecule has 0 amide bonds. The zero-order valence-corrected chi connectivity index (χ0v) is 12.4. The van der Waals surface area contributed by atoms with Crippen molar-refractivity contribution in [3.05, 3.63) is 46.7 Å². The van der Waals surface area contributed by atoms with Crippen molar-refractivity contribution in [2.75, 3.05) is 12.4 Å². The molecule has 0 radical (unpaired) electrons. The van der Waals surface area contributed by atoms with Crippen LogP contribution in [0.25, 0.3) is 0 Å². The number of benzene rings is 1. The topological polar surface area (TPSA) is 47.0 Å². The largest absolute Gasteiger partial charge is 0.472 e. The van der Waals surface area contributed by atoms with E-state index in [0.29, 0.717) is 17.5 Å². The Bertz CT molecular complexity index is 575. The van der Waals surface area contributed by atoms with Gasteiger partial charge in [-0.1, -0.05) is 43.1 Å². The van der Waals surface area contributed by atoms with Crippen LogP contribution >= 0.6 is 11.6 Å². The standard InChI is InChI=1S/C15H18ClN3O/c1-3-6-12-14(17-2)18-10-19-15(12)20-9-11-7-4-5-8-13(11)16/h4-5,7-8,10H,3,6,9H2,1-2H3,(H,17,18,19). The van der Waals surface area contributed by atoms with Gasteiger partial charge in [0.1, 0.15) is 18.8 Å². The van der Waals surface area contributed by atoms with Gasteiger partial charge in [-0.15, -0.1) is 0 Å². The first kappa shape index (κ1) is 14.6. The van der Waals surface area contributed by atoms with E-state index in [1.54, 1.807) is 0 Å². The monoisotopic (exact) mass is 291 g/mol. The van der Waals surface area contributed by atoms with Crippen molar-refractivity contribution in [2.45, 2.75) is 26.4 Å². The summed E-state index contributed by atoms with van der Waals surface area (Å²) in [5, 5.41) is 3.77. The summed E-state index contributed by atoms with van der Waals surface area (Å²) >= 11 is 6.12. The number of nitrogens with zero attached hydrogens (tertiary/aromatic N) is 2. The normalized spacial score (nSPS) is 10.3. The Morgan fingerprint density at radius 1 is 1.25 bits per heavy atom. The zero-order chi connectivity index (χ0) is 14.4. The molecule has 0 fully saturated rings. The summed E-state index contributed by atoms with van der Waals surface area (Å²) in [6.45, 7) is 2.51. The molecule has 2 aromatic rings. The van der Waals surface area contributed by atoms with E-state index in [0.717, 1.165) is 29.8 Å².